The number of halogens is 2. The number of nitrogens with one attached hydrogen (secondary N) is 1. The molecule has 0 unspecified atom stereocenters. The molecule has 1 aromatic heterocycles. The highest BCUT2D eigenvalue weighted by molar-refractivity contribution is 6.31. The van der Waals surface area contributed by atoms with Crippen LogP contribution < -0.4 is 5.32 Å². The van der Waals surface area contributed by atoms with E-state index in [9.17, 15) is 14.0 Å². The predicted octanol–water partition coefficient (Wildman–Crippen LogP) is 2.45. The topological polar surface area (TPSA) is 65.8 Å². The summed E-state index contributed by atoms with van der Waals surface area (Å²) in [5, 5.41) is 3.03. The van der Waals surface area contributed by atoms with E-state index in [2.05, 4.69) is 10.2 Å². The molecule has 1 aliphatic heterocycles. The number of rotatable bonds is 5. The number of benzene rings is 1. The molecule has 2 heterocycles. The summed E-state index contributed by atoms with van der Waals surface area (Å²) < 4.78 is 19.0. The highest BCUT2D eigenvalue weighted by atomic mass is 35.5. The smallest absolute Gasteiger partial charge is 0.255 e. The predicted molar refractivity (Wildman–Crippen MR) is 99.0 cm³/mol. The van der Waals surface area contributed by atoms with Crippen molar-refractivity contribution < 1.29 is 18.4 Å². The van der Waals surface area contributed by atoms with E-state index < -0.39 is 0 Å². The Labute approximate surface area is 161 Å². The van der Waals surface area contributed by atoms with Gasteiger partial charge in [0.1, 0.15) is 11.6 Å². The van der Waals surface area contributed by atoms with Crippen LogP contribution >= 0.6 is 11.6 Å². The van der Waals surface area contributed by atoms with Gasteiger partial charge in [-0.25, -0.2) is 4.39 Å². The Morgan fingerprint density at radius 1 is 1.22 bits per heavy atom. The normalized spacial score (nSPS) is 15.0. The number of carbonyl (C=O) groups excluding carboxylic acids is 2. The SMILES string of the molecule is Cc1occc1C(=O)NCC(=O)N1CCN(Cc2c(F)cccc2Cl)CC1. The fourth-order valence-corrected chi connectivity index (χ4v) is 3.27. The highest BCUT2D eigenvalue weighted by Gasteiger charge is 2.23. The fraction of sp³-hybridized carbons (Fsp3) is 0.368. The molecule has 1 saturated heterocycles. The third-order valence-electron chi connectivity index (χ3n) is 4.67. The van der Waals surface area contributed by atoms with Crippen LogP contribution in [0.2, 0.25) is 5.02 Å². The van der Waals surface area contributed by atoms with Crippen LogP contribution in [0.5, 0.6) is 0 Å². The molecule has 6 nitrogen and oxygen atoms in total. The Morgan fingerprint density at radius 3 is 2.59 bits per heavy atom. The minimum absolute atomic E-state index is 0.0669. The van der Waals surface area contributed by atoms with Crippen molar-refractivity contribution in [3.63, 3.8) is 0 Å². The van der Waals surface area contributed by atoms with E-state index in [-0.39, 0.29) is 24.2 Å². The monoisotopic (exact) mass is 393 g/mol. The van der Waals surface area contributed by atoms with Crippen LogP contribution in [-0.2, 0) is 11.3 Å². The van der Waals surface area contributed by atoms with Crippen LogP contribution in [0, 0.1) is 12.7 Å². The van der Waals surface area contributed by atoms with Crippen LogP contribution in [0.25, 0.3) is 0 Å². The van der Waals surface area contributed by atoms with Crippen molar-refractivity contribution in [2.45, 2.75) is 13.5 Å². The summed E-state index contributed by atoms with van der Waals surface area (Å²) in [4.78, 5) is 28.1. The zero-order chi connectivity index (χ0) is 19.4. The van der Waals surface area contributed by atoms with Gasteiger partial charge in [-0.2, -0.15) is 0 Å². The molecule has 0 aliphatic carbocycles. The van der Waals surface area contributed by atoms with E-state index in [4.69, 9.17) is 16.0 Å². The van der Waals surface area contributed by atoms with Crippen LogP contribution in [0.4, 0.5) is 4.39 Å². The molecule has 0 saturated carbocycles. The summed E-state index contributed by atoms with van der Waals surface area (Å²) in [5.41, 5.74) is 0.899. The Balaban J connectivity index is 1.47. The number of piperazine rings is 1. The summed E-state index contributed by atoms with van der Waals surface area (Å²) in [5.74, 6) is -0.283. The number of amides is 2. The number of hydrogen-bond donors (Lipinski definition) is 1. The zero-order valence-corrected chi connectivity index (χ0v) is 15.8. The summed E-state index contributed by atoms with van der Waals surface area (Å²) in [6.07, 6.45) is 1.44. The fourth-order valence-electron chi connectivity index (χ4n) is 3.05. The Bertz CT molecular complexity index is 811. The molecule has 0 bridgehead atoms. The van der Waals surface area contributed by atoms with Gasteiger partial charge < -0.3 is 14.6 Å². The van der Waals surface area contributed by atoms with Gasteiger partial charge in [-0.15, -0.1) is 0 Å². The number of furan rings is 1. The van der Waals surface area contributed by atoms with Gasteiger partial charge in [-0.05, 0) is 25.1 Å². The molecule has 1 aromatic carbocycles. The maximum Gasteiger partial charge on any atom is 0.255 e. The molecule has 3 rings (SSSR count). The maximum absolute atomic E-state index is 13.9. The second-order valence-electron chi connectivity index (χ2n) is 6.43. The van der Waals surface area contributed by atoms with Crippen LogP contribution in [0.1, 0.15) is 21.7 Å². The lowest BCUT2D eigenvalue weighted by atomic mass is 10.2. The summed E-state index contributed by atoms with van der Waals surface area (Å²) in [6.45, 7) is 4.30. The van der Waals surface area contributed by atoms with Crippen LogP contribution in [0.15, 0.2) is 34.9 Å². The highest BCUT2D eigenvalue weighted by Crippen LogP contribution is 2.21. The molecule has 1 fully saturated rings. The molecule has 0 atom stereocenters. The first-order valence-electron chi connectivity index (χ1n) is 8.71. The van der Waals surface area contributed by atoms with E-state index in [0.29, 0.717) is 54.6 Å². The third-order valence-corrected chi connectivity index (χ3v) is 5.03. The molecule has 144 valence electrons. The van der Waals surface area contributed by atoms with Gasteiger partial charge in [0, 0.05) is 43.3 Å². The zero-order valence-electron chi connectivity index (χ0n) is 15.0. The van der Waals surface area contributed by atoms with Gasteiger partial charge >= 0.3 is 0 Å². The lowest BCUT2D eigenvalue weighted by Gasteiger charge is -2.35. The standard InChI is InChI=1S/C19H21ClFN3O3/c1-13-14(5-10-27-13)19(26)22-11-18(25)24-8-6-23(7-9-24)12-15-16(20)3-2-4-17(15)21/h2-5,10H,6-9,11-12H2,1H3,(H,22,26). The lowest BCUT2D eigenvalue weighted by molar-refractivity contribution is -0.131. The number of carbonyl (C=O) groups is 2. The average Bonchev–Trinajstić information content (AvgIpc) is 3.09. The van der Waals surface area contributed by atoms with Gasteiger partial charge in [0.2, 0.25) is 5.91 Å². The van der Waals surface area contributed by atoms with Crippen molar-refractivity contribution in [3.05, 3.63) is 58.3 Å². The number of nitrogens with zero attached hydrogens (tertiary/aromatic N) is 2. The van der Waals surface area contributed by atoms with E-state index in [1.165, 1.54) is 12.3 Å². The Kier molecular flexibility index (Phi) is 6.13. The molecule has 27 heavy (non-hydrogen) atoms. The third kappa shape index (κ3) is 4.67. The van der Waals surface area contributed by atoms with E-state index in [1.54, 1.807) is 30.0 Å². The van der Waals surface area contributed by atoms with Crippen LogP contribution in [0.3, 0.4) is 0 Å². The van der Waals surface area contributed by atoms with Gasteiger partial charge in [0.25, 0.3) is 5.91 Å². The summed E-state index contributed by atoms with van der Waals surface area (Å²) >= 11 is 6.07. The van der Waals surface area contributed by atoms with Crippen molar-refractivity contribution in [2.24, 2.45) is 0 Å². The van der Waals surface area contributed by atoms with E-state index >= 15 is 0 Å². The molecule has 8 heteroatoms. The van der Waals surface area contributed by atoms with Crippen molar-refractivity contribution in [3.8, 4) is 0 Å². The largest absolute Gasteiger partial charge is 0.469 e. The first-order chi connectivity index (χ1) is 13.0. The van der Waals surface area contributed by atoms with Gasteiger partial charge in [0.15, 0.2) is 0 Å². The quantitative estimate of drug-likeness (QED) is 0.847. The van der Waals surface area contributed by atoms with Crippen molar-refractivity contribution in [1.82, 2.24) is 15.1 Å². The number of hydrogen-bond acceptors (Lipinski definition) is 4. The van der Waals surface area contributed by atoms with Gasteiger partial charge in [-0.3, -0.25) is 14.5 Å². The van der Waals surface area contributed by atoms with E-state index in [1.807, 2.05) is 0 Å². The van der Waals surface area contributed by atoms with Crippen LogP contribution in [-0.4, -0.2) is 54.3 Å². The molecule has 0 spiro atoms. The number of aryl methyl sites for hydroxylation is 1. The molecule has 2 amide bonds. The first kappa shape index (κ1) is 19.4. The van der Waals surface area contributed by atoms with Crippen molar-refractivity contribution in [2.75, 3.05) is 32.7 Å². The first-order valence-corrected chi connectivity index (χ1v) is 9.09. The second-order valence-corrected chi connectivity index (χ2v) is 6.84. The molecule has 1 aliphatic rings. The molecule has 1 N–H and O–H groups in total. The van der Waals surface area contributed by atoms with Gasteiger partial charge in [-0.1, -0.05) is 17.7 Å². The maximum atomic E-state index is 13.9. The molecular weight excluding hydrogens is 373 g/mol. The van der Waals surface area contributed by atoms with Crippen molar-refractivity contribution >= 4 is 23.4 Å². The van der Waals surface area contributed by atoms with E-state index in [0.717, 1.165) is 0 Å². The molecular formula is C19H21ClFN3O3. The van der Waals surface area contributed by atoms with Crippen molar-refractivity contribution in [1.29, 1.82) is 0 Å². The van der Waals surface area contributed by atoms with Gasteiger partial charge in [0.05, 0.1) is 18.4 Å². The summed E-state index contributed by atoms with van der Waals surface area (Å²) in [7, 11) is 0. The summed E-state index contributed by atoms with van der Waals surface area (Å²) in [6, 6.07) is 6.22. The average molecular weight is 394 g/mol. The minimum Gasteiger partial charge on any atom is -0.469 e. The minimum atomic E-state index is -0.331. The Morgan fingerprint density at radius 2 is 1.96 bits per heavy atom. The molecule has 2 aromatic rings. The molecule has 0 radical (unpaired) electrons. The lowest BCUT2D eigenvalue weighted by Crippen LogP contribution is -2.50. The second kappa shape index (κ2) is 8.54. The Hall–Kier alpha value is -2.38.